The SMILES string of the molecule is CSCCNC(C)c1ccco1. The minimum Gasteiger partial charge on any atom is -0.468 e. The number of rotatable bonds is 5. The number of furan rings is 1. The van der Waals surface area contributed by atoms with Crippen molar-refractivity contribution in [3.05, 3.63) is 24.2 Å². The summed E-state index contributed by atoms with van der Waals surface area (Å²) in [5.41, 5.74) is 0. The van der Waals surface area contributed by atoms with Crippen LogP contribution in [-0.4, -0.2) is 18.6 Å². The van der Waals surface area contributed by atoms with Crippen LogP contribution in [0.15, 0.2) is 22.8 Å². The third-order valence-electron chi connectivity index (χ3n) is 1.73. The summed E-state index contributed by atoms with van der Waals surface area (Å²) in [5, 5.41) is 3.37. The molecule has 1 heterocycles. The van der Waals surface area contributed by atoms with E-state index in [4.69, 9.17) is 4.42 Å². The van der Waals surface area contributed by atoms with E-state index in [0.717, 1.165) is 18.1 Å². The Morgan fingerprint density at radius 3 is 3.08 bits per heavy atom. The fraction of sp³-hybridized carbons (Fsp3) is 0.556. The maximum absolute atomic E-state index is 5.26. The third kappa shape index (κ3) is 2.91. The van der Waals surface area contributed by atoms with Gasteiger partial charge in [0.25, 0.3) is 0 Å². The summed E-state index contributed by atoms with van der Waals surface area (Å²) in [4.78, 5) is 0. The fourth-order valence-electron chi connectivity index (χ4n) is 1.02. The molecule has 0 bridgehead atoms. The van der Waals surface area contributed by atoms with E-state index in [-0.39, 0.29) is 0 Å². The molecule has 0 radical (unpaired) electrons. The average Bonchev–Trinajstić information content (AvgIpc) is 2.56. The molecule has 0 fully saturated rings. The van der Waals surface area contributed by atoms with Crippen molar-refractivity contribution in [2.75, 3.05) is 18.6 Å². The molecule has 68 valence electrons. The van der Waals surface area contributed by atoms with Crippen molar-refractivity contribution in [2.45, 2.75) is 13.0 Å². The van der Waals surface area contributed by atoms with Crippen LogP contribution in [0, 0.1) is 0 Å². The Bertz CT molecular complexity index is 198. The van der Waals surface area contributed by atoms with Crippen LogP contribution in [-0.2, 0) is 0 Å². The Kier molecular flexibility index (Phi) is 4.25. The van der Waals surface area contributed by atoms with Crippen LogP contribution in [0.2, 0.25) is 0 Å². The van der Waals surface area contributed by atoms with Gasteiger partial charge in [-0.15, -0.1) is 0 Å². The zero-order valence-corrected chi connectivity index (χ0v) is 8.36. The van der Waals surface area contributed by atoms with Gasteiger partial charge in [-0.05, 0) is 25.3 Å². The van der Waals surface area contributed by atoms with Gasteiger partial charge in [-0.2, -0.15) is 11.8 Å². The average molecular weight is 185 g/mol. The molecule has 2 nitrogen and oxygen atoms in total. The van der Waals surface area contributed by atoms with Gasteiger partial charge < -0.3 is 9.73 Å². The van der Waals surface area contributed by atoms with Gasteiger partial charge in [0.05, 0.1) is 12.3 Å². The highest BCUT2D eigenvalue weighted by Crippen LogP contribution is 2.11. The molecule has 0 amide bonds. The quantitative estimate of drug-likeness (QED) is 0.712. The first-order chi connectivity index (χ1) is 5.84. The molecule has 0 aliphatic carbocycles. The summed E-state index contributed by atoms with van der Waals surface area (Å²) >= 11 is 1.85. The first-order valence-electron chi connectivity index (χ1n) is 4.10. The number of hydrogen-bond donors (Lipinski definition) is 1. The van der Waals surface area contributed by atoms with Gasteiger partial charge in [-0.1, -0.05) is 0 Å². The van der Waals surface area contributed by atoms with E-state index in [1.54, 1.807) is 6.26 Å². The van der Waals surface area contributed by atoms with Crippen molar-refractivity contribution in [1.82, 2.24) is 5.32 Å². The molecule has 0 saturated heterocycles. The maximum atomic E-state index is 5.26. The van der Waals surface area contributed by atoms with Crippen LogP contribution in [0.25, 0.3) is 0 Å². The molecule has 1 aromatic heterocycles. The Morgan fingerprint density at radius 2 is 2.50 bits per heavy atom. The first-order valence-corrected chi connectivity index (χ1v) is 5.49. The van der Waals surface area contributed by atoms with E-state index in [2.05, 4.69) is 18.5 Å². The van der Waals surface area contributed by atoms with Crippen molar-refractivity contribution in [1.29, 1.82) is 0 Å². The van der Waals surface area contributed by atoms with Crippen molar-refractivity contribution in [2.24, 2.45) is 0 Å². The summed E-state index contributed by atoms with van der Waals surface area (Å²) in [6, 6.07) is 4.24. The molecule has 0 aliphatic rings. The Hall–Kier alpha value is -0.410. The molecular weight excluding hydrogens is 170 g/mol. The van der Waals surface area contributed by atoms with Gasteiger partial charge in [-0.3, -0.25) is 0 Å². The summed E-state index contributed by atoms with van der Waals surface area (Å²) in [6.07, 6.45) is 3.82. The lowest BCUT2D eigenvalue weighted by atomic mass is 10.2. The second-order valence-electron chi connectivity index (χ2n) is 2.68. The van der Waals surface area contributed by atoms with Crippen molar-refractivity contribution in [3.8, 4) is 0 Å². The number of hydrogen-bond acceptors (Lipinski definition) is 3. The van der Waals surface area contributed by atoms with Crippen LogP contribution in [0.5, 0.6) is 0 Å². The summed E-state index contributed by atoms with van der Waals surface area (Å²) in [7, 11) is 0. The molecule has 1 N–H and O–H groups in total. The predicted molar refractivity (Wildman–Crippen MR) is 53.5 cm³/mol. The predicted octanol–water partition coefficient (Wildman–Crippen LogP) is 2.29. The zero-order valence-electron chi connectivity index (χ0n) is 7.54. The summed E-state index contributed by atoms with van der Waals surface area (Å²) in [6.45, 7) is 3.14. The monoisotopic (exact) mass is 185 g/mol. The summed E-state index contributed by atoms with van der Waals surface area (Å²) in [5.74, 6) is 2.15. The number of thioether (sulfide) groups is 1. The second-order valence-corrected chi connectivity index (χ2v) is 3.67. The summed E-state index contributed by atoms with van der Waals surface area (Å²) < 4.78 is 5.26. The van der Waals surface area contributed by atoms with E-state index in [1.165, 1.54) is 0 Å². The van der Waals surface area contributed by atoms with Crippen molar-refractivity contribution >= 4 is 11.8 Å². The second kappa shape index (κ2) is 5.27. The Morgan fingerprint density at radius 1 is 1.67 bits per heavy atom. The highest BCUT2D eigenvalue weighted by molar-refractivity contribution is 7.98. The van der Waals surface area contributed by atoms with Crippen LogP contribution in [0.1, 0.15) is 18.7 Å². The lowest BCUT2D eigenvalue weighted by Crippen LogP contribution is -2.20. The van der Waals surface area contributed by atoms with Gasteiger partial charge in [0.1, 0.15) is 5.76 Å². The minimum atomic E-state index is 0.326. The first kappa shape index (κ1) is 9.68. The van der Waals surface area contributed by atoms with E-state index in [9.17, 15) is 0 Å². The molecule has 0 aromatic carbocycles. The van der Waals surface area contributed by atoms with Gasteiger partial charge in [0.15, 0.2) is 0 Å². The molecular formula is C9H15NOS. The maximum Gasteiger partial charge on any atom is 0.120 e. The Balaban J connectivity index is 2.25. The third-order valence-corrected chi connectivity index (χ3v) is 2.34. The van der Waals surface area contributed by atoms with Crippen molar-refractivity contribution in [3.63, 3.8) is 0 Å². The minimum absolute atomic E-state index is 0.326. The molecule has 1 aromatic rings. The molecule has 1 atom stereocenters. The smallest absolute Gasteiger partial charge is 0.120 e. The molecule has 12 heavy (non-hydrogen) atoms. The van der Waals surface area contributed by atoms with Crippen LogP contribution in [0.4, 0.5) is 0 Å². The van der Waals surface area contributed by atoms with Gasteiger partial charge in [-0.25, -0.2) is 0 Å². The Labute approximate surface area is 77.7 Å². The van der Waals surface area contributed by atoms with Crippen LogP contribution < -0.4 is 5.32 Å². The lowest BCUT2D eigenvalue weighted by Gasteiger charge is -2.09. The topological polar surface area (TPSA) is 25.2 Å². The number of nitrogens with one attached hydrogen (secondary N) is 1. The molecule has 0 saturated carbocycles. The molecule has 3 heteroatoms. The molecule has 0 aliphatic heterocycles. The van der Waals surface area contributed by atoms with Crippen LogP contribution in [0.3, 0.4) is 0 Å². The van der Waals surface area contributed by atoms with Gasteiger partial charge >= 0.3 is 0 Å². The normalized spacial score (nSPS) is 13.2. The van der Waals surface area contributed by atoms with E-state index < -0.39 is 0 Å². The molecule has 0 spiro atoms. The molecule has 1 rings (SSSR count). The van der Waals surface area contributed by atoms with E-state index >= 15 is 0 Å². The van der Waals surface area contributed by atoms with E-state index in [1.807, 2.05) is 23.9 Å². The highest BCUT2D eigenvalue weighted by atomic mass is 32.2. The fourth-order valence-corrected chi connectivity index (χ4v) is 1.34. The largest absolute Gasteiger partial charge is 0.468 e. The van der Waals surface area contributed by atoms with Crippen molar-refractivity contribution < 1.29 is 4.42 Å². The van der Waals surface area contributed by atoms with Crippen LogP contribution >= 0.6 is 11.8 Å². The zero-order chi connectivity index (χ0) is 8.81. The standard InChI is InChI=1S/C9H15NOS/c1-8(10-5-7-12-2)9-4-3-6-11-9/h3-4,6,8,10H,5,7H2,1-2H3. The highest BCUT2D eigenvalue weighted by Gasteiger charge is 2.05. The van der Waals surface area contributed by atoms with E-state index in [0.29, 0.717) is 6.04 Å². The van der Waals surface area contributed by atoms with Gasteiger partial charge in [0.2, 0.25) is 0 Å². The molecule has 1 unspecified atom stereocenters. The lowest BCUT2D eigenvalue weighted by molar-refractivity contribution is 0.438. The van der Waals surface area contributed by atoms with Gasteiger partial charge in [0, 0.05) is 12.3 Å².